The van der Waals surface area contributed by atoms with Crippen LogP contribution in [-0.4, -0.2) is 35.8 Å². The summed E-state index contributed by atoms with van der Waals surface area (Å²) in [6, 6.07) is -0.333. The van der Waals surface area contributed by atoms with Gasteiger partial charge in [-0.1, -0.05) is 13.3 Å². The fourth-order valence-corrected chi connectivity index (χ4v) is 1.76. The minimum Gasteiger partial charge on any atom is -0.343 e. The summed E-state index contributed by atoms with van der Waals surface area (Å²) >= 11 is 0. The van der Waals surface area contributed by atoms with Crippen LogP contribution in [0.1, 0.15) is 33.1 Å². The van der Waals surface area contributed by atoms with Gasteiger partial charge in [0, 0.05) is 13.0 Å². The van der Waals surface area contributed by atoms with Crippen molar-refractivity contribution in [1.29, 1.82) is 0 Å². The highest BCUT2D eigenvalue weighted by atomic mass is 16.2. The molecule has 0 aromatic heterocycles. The standard InChI is InChI=1S/C12H18N2O2/c1-3-5-6-8-14-9-11(15)13-10(7-4-2)12(14)16/h10H,4,6-9H2,1-2H3,(H,13,15). The van der Waals surface area contributed by atoms with E-state index in [0.717, 1.165) is 6.42 Å². The molecule has 0 saturated carbocycles. The monoisotopic (exact) mass is 222 g/mol. The van der Waals surface area contributed by atoms with E-state index < -0.39 is 0 Å². The van der Waals surface area contributed by atoms with E-state index in [2.05, 4.69) is 17.2 Å². The topological polar surface area (TPSA) is 49.4 Å². The smallest absolute Gasteiger partial charge is 0.245 e. The van der Waals surface area contributed by atoms with E-state index in [1.54, 1.807) is 11.8 Å². The van der Waals surface area contributed by atoms with Gasteiger partial charge >= 0.3 is 0 Å². The van der Waals surface area contributed by atoms with E-state index in [1.165, 1.54) is 0 Å². The lowest BCUT2D eigenvalue weighted by atomic mass is 10.1. The molecule has 1 saturated heterocycles. The molecule has 1 rings (SSSR count). The molecule has 1 atom stereocenters. The van der Waals surface area contributed by atoms with Crippen molar-refractivity contribution in [2.75, 3.05) is 13.1 Å². The lowest BCUT2D eigenvalue weighted by Crippen LogP contribution is -2.57. The average Bonchev–Trinajstić information content (AvgIpc) is 2.25. The second-order valence-corrected chi connectivity index (χ2v) is 3.85. The lowest BCUT2D eigenvalue weighted by molar-refractivity contribution is -0.144. The third-order valence-corrected chi connectivity index (χ3v) is 2.54. The zero-order chi connectivity index (χ0) is 12.0. The van der Waals surface area contributed by atoms with Crippen molar-refractivity contribution in [2.24, 2.45) is 0 Å². The average molecular weight is 222 g/mol. The molecule has 1 aliphatic heterocycles. The lowest BCUT2D eigenvalue weighted by Gasteiger charge is -2.32. The van der Waals surface area contributed by atoms with Crippen LogP contribution in [0.4, 0.5) is 0 Å². The summed E-state index contributed by atoms with van der Waals surface area (Å²) in [5, 5.41) is 2.72. The van der Waals surface area contributed by atoms with Crippen LogP contribution in [0.5, 0.6) is 0 Å². The van der Waals surface area contributed by atoms with Gasteiger partial charge in [-0.15, -0.1) is 11.8 Å². The summed E-state index contributed by atoms with van der Waals surface area (Å²) in [5.41, 5.74) is 0. The van der Waals surface area contributed by atoms with E-state index in [4.69, 9.17) is 0 Å². The maximum atomic E-state index is 11.9. The summed E-state index contributed by atoms with van der Waals surface area (Å²) in [6.07, 6.45) is 2.23. The molecule has 88 valence electrons. The Balaban J connectivity index is 2.57. The number of nitrogens with zero attached hydrogens (tertiary/aromatic N) is 1. The van der Waals surface area contributed by atoms with E-state index >= 15 is 0 Å². The van der Waals surface area contributed by atoms with E-state index in [-0.39, 0.29) is 24.4 Å². The predicted octanol–water partition coefficient (Wildman–Crippen LogP) is 0.527. The molecule has 1 fully saturated rings. The van der Waals surface area contributed by atoms with Gasteiger partial charge in [0.15, 0.2) is 0 Å². The summed E-state index contributed by atoms with van der Waals surface area (Å²) in [4.78, 5) is 24.9. The molecule has 0 spiro atoms. The Morgan fingerprint density at radius 1 is 1.50 bits per heavy atom. The Bertz CT molecular complexity index is 328. The fourth-order valence-electron chi connectivity index (χ4n) is 1.76. The molecular weight excluding hydrogens is 204 g/mol. The molecule has 1 N–H and O–H groups in total. The van der Waals surface area contributed by atoms with Crippen molar-refractivity contribution < 1.29 is 9.59 Å². The van der Waals surface area contributed by atoms with Gasteiger partial charge < -0.3 is 10.2 Å². The van der Waals surface area contributed by atoms with Gasteiger partial charge in [-0.05, 0) is 13.3 Å². The number of nitrogens with one attached hydrogen (secondary N) is 1. The van der Waals surface area contributed by atoms with Crippen LogP contribution in [0, 0.1) is 11.8 Å². The number of hydrogen-bond acceptors (Lipinski definition) is 2. The molecule has 1 heterocycles. The van der Waals surface area contributed by atoms with Crippen LogP contribution in [0.25, 0.3) is 0 Å². The van der Waals surface area contributed by atoms with E-state index in [0.29, 0.717) is 19.4 Å². The SMILES string of the molecule is CC#CCCN1CC(=O)NC(CCC)C1=O. The van der Waals surface area contributed by atoms with Gasteiger partial charge in [0.05, 0.1) is 6.54 Å². The number of carbonyl (C=O) groups excluding carboxylic acids is 2. The van der Waals surface area contributed by atoms with Crippen molar-refractivity contribution in [3.05, 3.63) is 0 Å². The first-order valence-electron chi connectivity index (χ1n) is 5.66. The molecule has 0 aromatic carbocycles. The van der Waals surface area contributed by atoms with Gasteiger partial charge in [0.25, 0.3) is 0 Å². The number of rotatable bonds is 4. The van der Waals surface area contributed by atoms with Gasteiger partial charge in [0.2, 0.25) is 11.8 Å². The van der Waals surface area contributed by atoms with E-state index in [1.807, 2.05) is 6.92 Å². The highest BCUT2D eigenvalue weighted by molar-refractivity contribution is 5.94. The second-order valence-electron chi connectivity index (χ2n) is 3.85. The Kier molecular flexibility index (Phi) is 4.84. The summed E-state index contributed by atoms with van der Waals surface area (Å²) < 4.78 is 0. The van der Waals surface area contributed by atoms with Gasteiger partial charge in [-0.25, -0.2) is 0 Å². The van der Waals surface area contributed by atoms with Gasteiger partial charge in [-0.2, -0.15) is 0 Å². The molecule has 16 heavy (non-hydrogen) atoms. The number of amides is 2. The number of carbonyl (C=O) groups is 2. The third kappa shape index (κ3) is 3.27. The molecule has 0 bridgehead atoms. The highest BCUT2D eigenvalue weighted by Crippen LogP contribution is 2.08. The molecule has 1 aliphatic rings. The normalized spacial score (nSPS) is 20.1. The van der Waals surface area contributed by atoms with Crippen LogP contribution >= 0.6 is 0 Å². The molecule has 0 radical (unpaired) electrons. The Morgan fingerprint density at radius 3 is 2.88 bits per heavy atom. The van der Waals surface area contributed by atoms with Gasteiger partial charge in [0.1, 0.15) is 6.04 Å². The summed E-state index contributed by atoms with van der Waals surface area (Å²) in [7, 11) is 0. The first-order valence-corrected chi connectivity index (χ1v) is 5.66. The third-order valence-electron chi connectivity index (χ3n) is 2.54. The van der Waals surface area contributed by atoms with Crippen molar-refractivity contribution in [2.45, 2.75) is 39.2 Å². The van der Waals surface area contributed by atoms with Crippen molar-refractivity contribution in [1.82, 2.24) is 10.2 Å². The minimum absolute atomic E-state index is 0.0272. The molecule has 4 heteroatoms. The Labute approximate surface area is 96.4 Å². The van der Waals surface area contributed by atoms with Crippen molar-refractivity contribution in [3.8, 4) is 11.8 Å². The molecule has 2 amide bonds. The van der Waals surface area contributed by atoms with Crippen molar-refractivity contribution >= 4 is 11.8 Å². The van der Waals surface area contributed by atoms with Crippen molar-refractivity contribution in [3.63, 3.8) is 0 Å². The maximum Gasteiger partial charge on any atom is 0.245 e. The van der Waals surface area contributed by atoms with Crippen LogP contribution in [0.2, 0.25) is 0 Å². The second kappa shape index (κ2) is 6.16. The highest BCUT2D eigenvalue weighted by Gasteiger charge is 2.31. The van der Waals surface area contributed by atoms with Gasteiger partial charge in [-0.3, -0.25) is 9.59 Å². The molecule has 0 aliphatic carbocycles. The van der Waals surface area contributed by atoms with Crippen LogP contribution in [-0.2, 0) is 9.59 Å². The fraction of sp³-hybridized carbons (Fsp3) is 0.667. The molecule has 0 aromatic rings. The first kappa shape index (κ1) is 12.6. The zero-order valence-electron chi connectivity index (χ0n) is 9.88. The summed E-state index contributed by atoms with van der Waals surface area (Å²) in [6.45, 7) is 4.49. The summed E-state index contributed by atoms with van der Waals surface area (Å²) in [5.74, 6) is 5.64. The quantitative estimate of drug-likeness (QED) is 0.705. The Morgan fingerprint density at radius 2 is 2.25 bits per heavy atom. The maximum absolute atomic E-state index is 11.9. The zero-order valence-corrected chi connectivity index (χ0v) is 9.88. The van der Waals surface area contributed by atoms with Crippen LogP contribution < -0.4 is 5.32 Å². The van der Waals surface area contributed by atoms with E-state index in [9.17, 15) is 9.59 Å². The predicted molar refractivity (Wildman–Crippen MR) is 61.5 cm³/mol. The minimum atomic E-state index is -0.333. The first-order chi connectivity index (χ1) is 7.69. The molecule has 1 unspecified atom stereocenters. The van der Waals surface area contributed by atoms with Crippen LogP contribution in [0.3, 0.4) is 0 Å². The largest absolute Gasteiger partial charge is 0.343 e. The Hall–Kier alpha value is -1.50. The number of hydrogen-bond donors (Lipinski definition) is 1. The van der Waals surface area contributed by atoms with Crippen LogP contribution in [0.15, 0.2) is 0 Å². The molecule has 4 nitrogen and oxygen atoms in total. The molecular formula is C12H18N2O2. The number of piperazine rings is 1.